The maximum Gasteiger partial charge on any atom is 0.142 e. The van der Waals surface area contributed by atoms with Gasteiger partial charge in [0.05, 0.1) is 11.1 Å². The van der Waals surface area contributed by atoms with E-state index in [2.05, 4.69) is 30.3 Å². The molecule has 0 radical (unpaired) electrons. The second-order valence-electron chi connectivity index (χ2n) is 3.21. The fourth-order valence-corrected chi connectivity index (χ4v) is 2.07. The smallest absolute Gasteiger partial charge is 0.142 e. The van der Waals surface area contributed by atoms with Crippen molar-refractivity contribution in [1.82, 2.24) is 4.98 Å². The van der Waals surface area contributed by atoms with Crippen LogP contribution in [0.5, 0.6) is 0 Å². The molecule has 0 saturated carbocycles. The summed E-state index contributed by atoms with van der Waals surface area (Å²) in [5.41, 5.74) is 1.01. The lowest BCUT2D eigenvalue weighted by Gasteiger charge is -2.04. The Labute approximate surface area is 82.3 Å². The minimum Gasteiger partial charge on any atom is -0.488 e. The molecule has 0 aliphatic carbocycles. The van der Waals surface area contributed by atoms with Crippen LogP contribution in [0.4, 0.5) is 0 Å². The van der Waals surface area contributed by atoms with Crippen molar-refractivity contribution in [2.24, 2.45) is 0 Å². The third-order valence-electron chi connectivity index (χ3n) is 2.07. The predicted molar refractivity (Wildman–Crippen MR) is 54.6 cm³/mol. The van der Waals surface area contributed by atoms with E-state index in [9.17, 15) is 0 Å². The van der Waals surface area contributed by atoms with E-state index in [0.717, 1.165) is 24.3 Å². The summed E-state index contributed by atoms with van der Waals surface area (Å²) >= 11 is 1.71. The molecule has 1 aromatic heterocycles. The zero-order valence-electron chi connectivity index (χ0n) is 7.91. The minimum atomic E-state index is 0.321. The number of hydrogen-bond acceptors (Lipinski definition) is 3. The summed E-state index contributed by atoms with van der Waals surface area (Å²) in [5.74, 6) is 0.962. The summed E-state index contributed by atoms with van der Waals surface area (Å²) in [6.45, 7) is 4.20. The van der Waals surface area contributed by atoms with E-state index in [1.54, 1.807) is 11.3 Å². The molecule has 0 bridgehead atoms. The third kappa shape index (κ3) is 1.75. The van der Waals surface area contributed by atoms with Gasteiger partial charge in [0.25, 0.3) is 0 Å². The molecular weight excluding hydrogens is 182 g/mol. The van der Waals surface area contributed by atoms with Crippen LogP contribution in [-0.4, -0.2) is 11.1 Å². The molecule has 1 atom stereocenters. The summed E-state index contributed by atoms with van der Waals surface area (Å²) in [7, 11) is 0. The molecule has 70 valence electrons. The highest BCUT2D eigenvalue weighted by Gasteiger charge is 2.16. The topological polar surface area (TPSA) is 22.1 Å². The maximum atomic E-state index is 5.61. The number of nitrogens with zero attached hydrogens (tertiary/aromatic N) is 1. The fraction of sp³-hybridized carbons (Fsp3) is 0.500. The van der Waals surface area contributed by atoms with E-state index in [4.69, 9.17) is 4.74 Å². The van der Waals surface area contributed by atoms with Crippen molar-refractivity contribution in [3.63, 3.8) is 0 Å². The van der Waals surface area contributed by atoms with Crippen molar-refractivity contribution in [2.45, 2.75) is 32.8 Å². The zero-order chi connectivity index (χ0) is 9.26. The van der Waals surface area contributed by atoms with Gasteiger partial charge in [-0.25, -0.2) is 4.98 Å². The molecule has 3 heteroatoms. The highest BCUT2D eigenvalue weighted by molar-refractivity contribution is 7.09. The van der Waals surface area contributed by atoms with Crippen LogP contribution in [-0.2, 0) is 11.2 Å². The summed E-state index contributed by atoms with van der Waals surface area (Å²) < 4.78 is 5.61. The van der Waals surface area contributed by atoms with E-state index < -0.39 is 0 Å². The first kappa shape index (κ1) is 8.75. The van der Waals surface area contributed by atoms with Gasteiger partial charge < -0.3 is 4.74 Å². The lowest BCUT2D eigenvalue weighted by molar-refractivity contribution is 0.210. The molecule has 2 rings (SSSR count). The monoisotopic (exact) mass is 195 g/mol. The van der Waals surface area contributed by atoms with Crippen LogP contribution in [0.1, 0.15) is 31.0 Å². The van der Waals surface area contributed by atoms with E-state index in [1.807, 2.05) is 0 Å². The Morgan fingerprint density at radius 3 is 3.08 bits per heavy atom. The molecule has 0 fully saturated rings. The van der Waals surface area contributed by atoms with Crippen molar-refractivity contribution in [3.8, 4) is 0 Å². The van der Waals surface area contributed by atoms with E-state index in [0.29, 0.717) is 6.10 Å². The van der Waals surface area contributed by atoms with Gasteiger partial charge in [-0.15, -0.1) is 11.3 Å². The van der Waals surface area contributed by atoms with Crippen molar-refractivity contribution >= 4 is 17.1 Å². The van der Waals surface area contributed by atoms with Crippen molar-refractivity contribution in [2.75, 3.05) is 0 Å². The number of aryl methyl sites for hydroxylation is 1. The number of rotatable bonds is 2. The molecule has 1 unspecified atom stereocenters. The van der Waals surface area contributed by atoms with Gasteiger partial charge in [0.1, 0.15) is 11.5 Å². The van der Waals surface area contributed by atoms with Crippen LogP contribution < -0.4 is 0 Å². The molecule has 1 aromatic rings. The van der Waals surface area contributed by atoms with Gasteiger partial charge in [-0.2, -0.15) is 0 Å². The molecule has 1 aliphatic rings. The average Bonchev–Trinajstić information content (AvgIpc) is 2.71. The lowest BCUT2D eigenvalue weighted by Crippen LogP contribution is -1.98. The first-order valence-corrected chi connectivity index (χ1v) is 5.49. The third-order valence-corrected chi connectivity index (χ3v) is 3.06. The van der Waals surface area contributed by atoms with Crippen LogP contribution in [0.3, 0.4) is 0 Å². The molecule has 13 heavy (non-hydrogen) atoms. The Morgan fingerprint density at radius 2 is 2.54 bits per heavy atom. The fourth-order valence-electron chi connectivity index (χ4n) is 1.34. The quantitative estimate of drug-likeness (QED) is 0.724. The molecular formula is C10H13NOS. The zero-order valence-corrected chi connectivity index (χ0v) is 8.73. The number of aromatic nitrogens is 1. The van der Waals surface area contributed by atoms with Gasteiger partial charge in [-0.3, -0.25) is 0 Å². The molecule has 2 nitrogen and oxygen atoms in total. The van der Waals surface area contributed by atoms with Crippen LogP contribution in [0.15, 0.2) is 11.5 Å². The van der Waals surface area contributed by atoms with Gasteiger partial charge in [-0.1, -0.05) is 6.92 Å². The normalized spacial score (nSPS) is 21.4. The molecule has 0 saturated heterocycles. The van der Waals surface area contributed by atoms with Crippen molar-refractivity contribution in [1.29, 1.82) is 0 Å². The predicted octanol–water partition coefficient (Wildman–Crippen LogP) is 2.86. The van der Waals surface area contributed by atoms with Crippen LogP contribution in [0.25, 0.3) is 5.76 Å². The Kier molecular flexibility index (Phi) is 2.36. The first-order valence-electron chi connectivity index (χ1n) is 4.61. The van der Waals surface area contributed by atoms with Crippen molar-refractivity contribution < 1.29 is 4.74 Å². The Balaban J connectivity index is 2.17. The first-order chi connectivity index (χ1) is 6.29. The van der Waals surface area contributed by atoms with Crippen LogP contribution in [0, 0.1) is 0 Å². The van der Waals surface area contributed by atoms with E-state index in [1.165, 1.54) is 5.01 Å². The molecule has 1 aliphatic heterocycles. The van der Waals surface area contributed by atoms with Gasteiger partial charge >= 0.3 is 0 Å². The number of thiazole rings is 1. The molecule has 0 amide bonds. The molecule has 0 spiro atoms. The average molecular weight is 195 g/mol. The van der Waals surface area contributed by atoms with Crippen LogP contribution in [0.2, 0.25) is 0 Å². The van der Waals surface area contributed by atoms with Gasteiger partial charge in [0, 0.05) is 11.8 Å². The number of ether oxygens (including phenoxy) is 1. The van der Waals surface area contributed by atoms with E-state index in [-0.39, 0.29) is 0 Å². The largest absolute Gasteiger partial charge is 0.488 e. The Hall–Kier alpha value is -0.830. The van der Waals surface area contributed by atoms with Gasteiger partial charge in [0.2, 0.25) is 0 Å². The number of hydrogen-bond donors (Lipinski definition) is 0. The Bertz CT molecular complexity index is 329. The summed E-state index contributed by atoms with van der Waals surface area (Å²) in [5, 5.41) is 3.25. The molecule has 0 N–H and O–H groups in total. The second-order valence-corrected chi connectivity index (χ2v) is 4.16. The second kappa shape index (κ2) is 3.50. The standard InChI is InChI=1S/C10H13NOS/c1-3-10-11-8(6-13-10)9-5-4-7(2)12-9/h5-7H,3-4H2,1-2H3. The minimum absolute atomic E-state index is 0.321. The summed E-state index contributed by atoms with van der Waals surface area (Å²) in [6, 6.07) is 0. The molecule has 2 heterocycles. The SMILES string of the molecule is CCc1nc(C2=CCC(C)O2)cs1. The van der Waals surface area contributed by atoms with Gasteiger partial charge in [-0.05, 0) is 19.4 Å². The lowest BCUT2D eigenvalue weighted by atomic mass is 10.3. The van der Waals surface area contributed by atoms with Gasteiger partial charge in [0.15, 0.2) is 0 Å². The van der Waals surface area contributed by atoms with E-state index >= 15 is 0 Å². The van der Waals surface area contributed by atoms with Crippen molar-refractivity contribution in [3.05, 3.63) is 22.2 Å². The summed E-state index contributed by atoms with van der Waals surface area (Å²) in [6.07, 6.45) is 4.46. The summed E-state index contributed by atoms with van der Waals surface area (Å²) in [4.78, 5) is 4.47. The maximum absolute atomic E-state index is 5.61. The molecule has 0 aromatic carbocycles. The Morgan fingerprint density at radius 1 is 1.69 bits per heavy atom. The highest BCUT2D eigenvalue weighted by Crippen LogP contribution is 2.26. The highest BCUT2D eigenvalue weighted by atomic mass is 32.1. The van der Waals surface area contributed by atoms with Crippen LogP contribution >= 0.6 is 11.3 Å².